The summed E-state index contributed by atoms with van der Waals surface area (Å²) in [7, 11) is 0. The average molecular weight is 584 g/mol. The SMILES string of the molecule is O=C(CCCCN1C(=O)CN=C(C2CCCCC2)c2ccccc21)Nc1ccc(N2CCC(N3CCCCC3)CC2)cc1. The summed E-state index contributed by atoms with van der Waals surface area (Å²) < 4.78 is 0. The van der Waals surface area contributed by atoms with E-state index in [1.54, 1.807) is 0 Å². The van der Waals surface area contributed by atoms with Gasteiger partial charge in [-0.2, -0.15) is 0 Å². The molecule has 2 amide bonds. The third kappa shape index (κ3) is 7.49. The Labute approximate surface area is 257 Å². The molecular formula is C36H49N5O2. The van der Waals surface area contributed by atoms with Gasteiger partial charge in [0.2, 0.25) is 11.8 Å². The first-order valence-corrected chi connectivity index (χ1v) is 17.0. The van der Waals surface area contributed by atoms with Gasteiger partial charge in [-0.25, -0.2) is 0 Å². The number of unbranched alkanes of at least 4 members (excludes halogenated alkanes) is 1. The highest BCUT2D eigenvalue weighted by Gasteiger charge is 2.29. The van der Waals surface area contributed by atoms with Gasteiger partial charge in [0.15, 0.2) is 0 Å². The van der Waals surface area contributed by atoms with Gasteiger partial charge in [-0.3, -0.25) is 14.6 Å². The first-order chi connectivity index (χ1) is 21.2. The molecule has 0 unspecified atom stereocenters. The lowest BCUT2D eigenvalue weighted by Gasteiger charge is -2.41. The Morgan fingerprint density at radius 3 is 2.30 bits per heavy atom. The lowest BCUT2D eigenvalue weighted by atomic mass is 9.83. The number of para-hydroxylation sites is 1. The molecule has 7 nitrogen and oxygen atoms in total. The number of piperidine rings is 2. The van der Waals surface area contributed by atoms with Gasteiger partial charge in [0.05, 0.1) is 5.69 Å². The maximum absolute atomic E-state index is 13.1. The molecule has 3 heterocycles. The Balaban J connectivity index is 0.954. The number of fused-ring (bicyclic) bond motifs is 1. The van der Waals surface area contributed by atoms with E-state index in [0.29, 0.717) is 18.9 Å². The van der Waals surface area contributed by atoms with Gasteiger partial charge in [0, 0.05) is 60.7 Å². The summed E-state index contributed by atoms with van der Waals surface area (Å²) in [5.41, 5.74) is 5.31. The van der Waals surface area contributed by atoms with Crippen molar-refractivity contribution >= 4 is 34.6 Å². The third-order valence-electron chi connectivity index (χ3n) is 10.1. The molecule has 43 heavy (non-hydrogen) atoms. The molecule has 6 rings (SSSR count). The topological polar surface area (TPSA) is 68.2 Å². The van der Waals surface area contributed by atoms with E-state index in [4.69, 9.17) is 4.99 Å². The van der Waals surface area contributed by atoms with Crippen molar-refractivity contribution in [3.05, 3.63) is 54.1 Å². The minimum atomic E-state index is 0.0283. The molecule has 1 aliphatic carbocycles. The quantitative estimate of drug-likeness (QED) is 0.335. The summed E-state index contributed by atoms with van der Waals surface area (Å²) in [6, 6.07) is 17.3. The van der Waals surface area contributed by atoms with E-state index in [1.165, 1.54) is 70.1 Å². The van der Waals surface area contributed by atoms with E-state index in [-0.39, 0.29) is 18.4 Å². The molecule has 2 aromatic carbocycles. The number of likely N-dealkylation sites (tertiary alicyclic amines) is 1. The maximum Gasteiger partial charge on any atom is 0.248 e. The number of carbonyl (C=O) groups is 2. The first kappa shape index (κ1) is 29.9. The Morgan fingerprint density at radius 2 is 1.53 bits per heavy atom. The fourth-order valence-electron chi connectivity index (χ4n) is 7.66. The summed E-state index contributed by atoms with van der Waals surface area (Å²) in [5, 5.41) is 3.07. The maximum atomic E-state index is 13.1. The van der Waals surface area contributed by atoms with E-state index in [9.17, 15) is 9.59 Å². The standard InChI is InChI=1S/C36H49N5O2/c42-34(38-29-16-18-30(19-17-29)40-25-20-31(21-26-40)39-22-8-2-9-23-39)15-7-10-24-41-33-14-6-5-13-32(33)36(37-27-35(41)43)28-11-3-1-4-12-28/h5-6,13-14,16-19,28,31H,1-4,7-12,15,20-27H2,(H,38,42). The van der Waals surface area contributed by atoms with Crippen LogP contribution in [0, 0.1) is 5.92 Å². The second-order valence-electron chi connectivity index (χ2n) is 13.0. The Kier molecular flexibility index (Phi) is 10.1. The number of benzodiazepines with no additional fused rings is 1. The predicted molar refractivity (Wildman–Crippen MR) is 176 cm³/mol. The molecule has 0 spiro atoms. The van der Waals surface area contributed by atoms with Crippen molar-refractivity contribution < 1.29 is 9.59 Å². The largest absolute Gasteiger partial charge is 0.371 e. The van der Waals surface area contributed by atoms with Crippen LogP contribution in [0.2, 0.25) is 0 Å². The molecule has 2 saturated heterocycles. The van der Waals surface area contributed by atoms with Crippen LogP contribution in [-0.2, 0) is 9.59 Å². The second kappa shape index (κ2) is 14.5. The molecule has 3 fully saturated rings. The molecule has 1 saturated carbocycles. The number of nitrogens with one attached hydrogen (secondary N) is 1. The summed E-state index contributed by atoms with van der Waals surface area (Å²) in [4.78, 5) is 37.8. The fraction of sp³-hybridized carbons (Fsp3) is 0.583. The van der Waals surface area contributed by atoms with Crippen molar-refractivity contribution in [1.29, 1.82) is 0 Å². The summed E-state index contributed by atoms with van der Waals surface area (Å²) in [6.45, 7) is 5.59. The van der Waals surface area contributed by atoms with Crippen LogP contribution in [0.25, 0.3) is 0 Å². The monoisotopic (exact) mass is 583 g/mol. The number of nitrogens with zero attached hydrogens (tertiary/aromatic N) is 4. The predicted octanol–water partition coefficient (Wildman–Crippen LogP) is 6.67. The third-order valence-corrected chi connectivity index (χ3v) is 10.1. The number of benzene rings is 2. The zero-order valence-electron chi connectivity index (χ0n) is 25.8. The number of anilines is 3. The molecule has 4 aliphatic rings. The van der Waals surface area contributed by atoms with E-state index in [2.05, 4.69) is 45.4 Å². The Bertz CT molecular complexity index is 1250. The molecule has 1 N–H and O–H groups in total. The number of rotatable bonds is 9. The fourth-order valence-corrected chi connectivity index (χ4v) is 7.66. The molecule has 0 bridgehead atoms. The lowest BCUT2D eigenvalue weighted by molar-refractivity contribution is -0.117. The Hall–Kier alpha value is -3.19. The van der Waals surface area contributed by atoms with E-state index in [1.807, 2.05) is 23.1 Å². The van der Waals surface area contributed by atoms with Crippen molar-refractivity contribution in [2.24, 2.45) is 10.9 Å². The average Bonchev–Trinajstić information content (AvgIpc) is 3.20. The minimum absolute atomic E-state index is 0.0283. The van der Waals surface area contributed by atoms with Crippen molar-refractivity contribution in [3.8, 4) is 0 Å². The molecule has 3 aliphatic heterocycles. The molecular weight excluding hydrogens is 534 g/mol. The van der Waals surface area contributed by atoms with Gasteiger partial charge >= 0.3 is 0 Å². The number of carbonyl (C=O) groups excluding carboxylic acids is 2. The zero-order chi connectivity index (χ0) is 29.4. The minimum Gasteiger partial charge on any atom is -0.371 e. The van der Waals surface area contributed by atoms with Crippen LogP contribution >= 0.6 is 0 Å². The molecule has 2 aromatic rings. The van der Waals surface area contributed by atoms with Crippen molar-refractivity contribution in [3.63, 3.8) is 0 Å². The molecule has 230 valence electrons. The summed E-state index contributed by atoms with van der Waals surface area (Å²) >= 11 is 0. The number of amides is 2. The second-order valence-corrected chi connectivity index (χ2v) is 13.0. The Morgan fingerprint density at radius 1 is 0.814 bits per heavy atom. The van der Waals surface area contributed by atoms with E-state index >= 15 is 0 Å². The first-order valence-electron chi connectivity index (χ1n) is 17.0. The van der Waals surface area contributed by atoms with Gasteiger partial charge in [0.25, 0.3) is 0 Å². The van der Waals surface area contributed by atoms with Gasteiger partial charge in [-0.15, -0.1) is 0 Å². The molecule has 7 heteroatoms. The highest BCUT2D eigenvalue weighted by atomic mass is 16.2. The van der Waals surface area contributed by atoms with Crippen LogP contribution < -0.4 is 15.1 Å². The van der Waals surface area contributed by atoms with Crippen molar-refractivity contribution in [1.82, 2.24) is 4.90 Å². The van der Waals surface area contributed by atoms with Crippen LogP contribution in [-0.4, -0.2) is 67.7 Å². The number of hydrogen-bond donors (Lipinski definition) is 1. The molecule has 0 aromatic heterocycles. The van der Waals surface area contributed by atoms with Crippen LogP contribution in [0.5, 0.6) is 0 Å². The van der Waals surface area contributed by atoms with Crippen LogP contribution in [0.1, 0.15) is 89.0 Å². The summed E-state index contributed by atoms with van der Waals surface area (Å²) in [5.74, 6) is 0.538. The highest BCUT2D eigenvalue weighted by molar-refractivity contribution is 6.12. The van der Waals surface area contributed by atoms with Crippen LogP contribution in [0.4, 0.5) is 17.1 Å². The smallest absolute Gasteiger partial charge is 0.248 e. The lowest BCUT2D eigenvalue weighted by Crippen LogP contribution is -2.46. The summed E-state index contributed by atoms with van der Waals surface area (Å²) in [6.07, 6.45) is 14.7. The van der Waals surface area contributed by atoms with Gasteiger partial charge in [0.1, 0.15) is 6.54 Å². The normalized spacial score (nSPS) is 20.8. The highest BCUT2D eigenvalue weighted by Crippen LogP contribution is 2.33. The number of hydrogen-bond acceptors (Lipinski definition) is 5. The zero-order valence-corrected chi connectivity index (χ0v) is 25.8. The van der Waals surface area contributed by atoms with Gasteiger partial charge in [-0.05, 0) is 94.8 Å². The molecule has 0 atom stereocenters. The van der Waals surface area contributed by atoms with E-state index in [0.717, 1.165) is 67.5 Å². The van der Waals surface area contributed by atoms with Gasteiger partial charge < -0.3 is 20.0 Å². The van der Waals surface area contributed by atoms with Crippen LogP contribution in [0.3, 0.4) is 0 Å². The van der Waals surface area contributed by atoms with Crippen molar-refractivity contribution in [2.45, 2.75) is 89.5 Å². The number of aliphatic imine (C=N–C) groups is 1. The van der Waals surface area contributed by atoms with E-state index < -0.39 is 0 Å². The van der Waals surface area contributed by atoms with Crippen molar-refractivity contribution in [2.75, 3.05) is 54.4 Å². The molecule has 0 radical (unpaired) electrons. The van der Waals surface area contributed by atoms with Crippen LogP contribution in [0.15, 0.2) is 53.5 Å². The van der Waals surface area contributed by atoms with Gasteiger partial charge in [-0.1, -0.05) is 43.9 Å².